The average Bonchev–Trinajstić information content (AvgIpc) is 3.48. The van der Waals surface area contributed by atoms with Gasteiger partial charge in [0.05, 0.1) is 29.9 Å². The molecule has 5 heterocycles. The van der Waals surface area contributed by atoms with Crippen LogP contribution in [-0.2, 0) is 0 Å². The van der Waals surface area contributed by atoms with E-state index in [0.29, 0.717) is 34.4 Å². The van der Waals surface area contributed by atoms with Gasteiger partial charge in [0.25, 0.3) is 5.91 Å². The third-order valence-electron chi connectivity index (χ3n) is 11.8. The van der Waals surface area contributed by atoms with Crippen LogP contribution in [0.2, 0.25) is 0 Å². The molecule has 1 saturated carbocycles. The maximum atomic E-state index is 13.8. The Bertz CT molecular complexity index is 1790. The molecule has 2 aromatic heterocycles. The number of pyridine rings is 1. The number of piperidine rings is 2. The van der Waals surface area contributed by atoms with E-state index in [4.69, 9.17) is 9.72 Å². The average molecular weight is 664 g/mol. The predicted octanol–water partition coefficient (Wildman–Crippen LogP) is 5.83. The molecule has 10 nitrogen and oxygen atoms in total. The summed E-state index contributed by atoms with van der Waals surface area (Å²) in [6.45, 7) is 7.14. The largest absolute Gasteiger partial charge is 0.496 e. The lowest BCUT2D eigenvalue weighted by Crippen LogP contribution is -2.60. The molecule has 258 valence electrons. The van der Waals surface area contributed by atoms with Crippen molar-refractivity contribution in [1.29, 1.82) is 0 Å². The van der Waals surface area contributed by atoms with Gasteiger partial charge in [-0.1, -0.05) is 12.1 Å². The molecule has 3 aliphatic heterocycles. The number of nitrogens with zero attached hydrogens (tertiary/aromatic N) is 6. The quantitative estimate of drug-likeness (QED) is 0.255. The van der Waals surface area contributed by atoms with Gasteiger partial charge in [-0.3, -0.25) is 15.1 Å². The van der Waals surface area contributed by atoms with E-state index in [2.05, 4.69) is 54.8 Å². The first-order valence-electron chi connectivity index (χ1n) is 18.2. The number of hydrogen-bond donors (Lipinski definition) is 2. The van der Waals surface area contributed by atoms with Crippen LogP contribution in [-0.4, -0.2) is 101 Å². The van der Waals surface area contributed by atoms with Crippen molar-refractivity contribution in [2.45, 2.75) is 69.6 Å². The highest BCUT2D eigenvalue weighted by Gasteiger charge is 2.44. The number of benzene rings is 2. The van der Waals surface area contributed by atoms with Gasteiger partial charge >= 0.3 is 0 Å². The summed E-state index contributed by atoms with van der Waals surface area (Å²) in [5.74, 6) is 1.02. The van der Waals surface area contributed by atoms with E-state index in [1.807, 2.05) is 24.3 Å². The van der Waals surface area contributed by atoms with Crippen molar-refractivity contribution in [2.24, 2.45) is 5.41 Å². The molecule has 3 saturated heterocycles. The van der Waals surface area contributed by atoms with Crippen molar-refractivity contribution in [3.63, 3.8) is 0 Å². The Morgan fingerprint density at radius 2 is 1.67 bits per heavy atom. The molecule has 0 unspecified atom stereocenters. The van der Waals surface area contributed by atoms with Gasteiger partial charge in [0.2, 0.25) is 5.95 Å². The molecule has 0 atom stereocenters. The summed E-state index contributed by atoms with van der Waals surface area (Å²) in [6.07, 6.45) is 9.62. The SMILES string of the molecule is COc1ccccc1-c1cc(C(=O)Nc2nc3ccc(N4CCC(N5CCC6(CC5)CN(C)C6)CC4)cc3n2C2CCC(O)CC2)ccn1. The molecule has 4 aliphatic rings. The van der Waals surface area contributed by atoms with Gasteiger partial charge in [-0.05, 0) is 119 Å². The second kappa shape index (κ2) is 13.4. The fourth-order valence-electron chi connectivity index (χ4n) is 9.07. The summed E-state index contributed by atoms with van der Waals surface area (Å²) in [6, 6.07) is 18.6. The maximum Gasteiger partial charge on any atom is 0.258 e. The first kappa shape index (κ1) is 32.2. The number of fused-ring (bicyclic) bond motifs is 1. The Morgan fingerprint density at radius 1 is 0.918 bits per heavy atom. The van der Waals surface area contributed by atoms with E-state index < -0.39 is 0 Å². The van der Waals surface area contributed by atoms with Crippen LogP contribution < -0.4 is 15.0 Å². The van der Waals surface area contributed by atoms with Crippen molar-refractivity contribution in [3.8, 4) is 17.0 Å². The summed E-state index contributed by atoms with van der Waals surface area (Å²) in [5, 5.41) is 13.5. The number of para-hydroxylation sites is 1. The topological polar surface area (TPSA) is 99.0 Å². The number of aromatic nitrogens is 3. The second-order valence-corrected chi connectivity index (χ2v) is 15.0. The minimum atomic E-state index is -0.272. The van der Waals surface area contributed by atoms with Crippen molar-refractivity contribution < 1.29 is 14.6 Å². The molecule has 4 aromatic rings. The summed E-state index contributed by atoms with van der Waals surface area (Å²) in [7, 11) is 3.88. The minimum Gasteiger partial charge on any atom is -0.496 e. The second-order valence-electron chi connectivity index (χ2n) is 15.0. The predicted molar refractivity (Wildman–Crippen MR) is 193 cm³/mol. The number of hydrogen-bond acceptors (Lipinski definition) is 8. The van der Waals surface area contributed by atoms with Gasteiger partial charge in [0, 0.05) is 61.3 Å². The van der Waals surface area contributed by atoms with Crippen molar-refractivity contribution in [3.05, 3.63) is 66.4 Å². The summed E-state index contributed by atoms with van der Waals surface area (Å²) in [4.78, 5) is 31.0. The van der Waals surface area contributed by atoms with E-state index >= 15 is 0 Å². The first-order chi connectivity index (χ1) is 23.9. The highest BCUT2D eigenvalue weighted by atomic mass is 16.5. The molecular formula is C39H49N7O3. The lowest BCUT2D eigenvalue weighted by Gasteiger charge is -2.54. The lowest BCUT2D eigenvalue weighted by molar-refractivity contribution is -0.0419. The number of carbonyl (C=O) groups excluding carboxylic acids is 1. The Labute approximate surface area is 289 Å². The zero-order valence-electron chi connectivity index (χ0n) is 28.9. The molecule has 10 heteroatoms. The standard InChI is InChI=1S/C39H49N7O3/c1-43-25-39(26-43)16-21-45(22-17-39)28-14-19-44(20-15-28)30-9-12-33-35(24-30)46(29-7-10-31(47)11-8-29)38(41-33)42-37(48)27-13-18-40-34(23-27)32-5-3-4-6-36(32)49-2/h3-6,9,12-13,18,23-24,28-29,31,47H,7-8,10-11,14-17,19-22,25-26H2,1-2H3,(H,41,42,48). The van der Waals surface area contributed by atoms with Crippen LogP contribution >= 0.6 is 0 Å². The Kier molecular flexibility index (Phi) is 8.80. The van der Waals surface area contributed by atoms with Crippen LogP contribution in [0.15, 0.2) is 60.8 Å². The number of anilines is 2. The van der Waals surface area contributed by atoms with Gasteiger partial charge in [0.1, 0.15) is 5.75 Å². The smallest absolute Gasteiger partial charge is 0.258 e. The van der Waals surface area contributed by atoms with Crippen molar-refractivity contribution in [1.82, 2.24) is 24.3 Å². The molecule has 4 fully saturated rings. The number of rotatable bonds is 7. The third-order valence-corrected chi connectivity index (χ3v) is 11.8. The Hall–Kier alpha value is -3.99. The minimum absolute atomic E-state index is 0.143. The number of nitrogens with one attached hydrogen (secondary N) is 1. The number of aliphatic hydroxyl groups is 1. The molecule has 1 spiro atoms. The van der Waals surface area contributed by atoms with Gasteiger partial charge in [0.15, 0.2) is 0 Å². The Balaban J connectivity index is 1.01. The van der Waals surface area contributed by atoms with Crippen LogP contribution in [0.4, 0.5) is 11.6 Å². The van der Waals surface area contributed by atoms with E-state index in [-0.39, 0.29) is 18.1 Å². The number of aliphatic hydroxyl groups excluding tert-OH is 1. The summed E-state index contributed by atoms with van der Waals surface area (Å²) >= 11 is 0. The maximum absolute atomic E-state index is 13.8. The fourth-order valence-corrected chi connectivity index (χ4v) is 9.07. The van der Waals surface area contributed by atoms with E-state index in [9.17, 15) is 9.90 Å². The molecule has 1 amide bonds. The number of methoxy groups -OCH3 is 1. The monoisotopic (exact) mass is 663 g/mol. The van der Waals surface area contributed by atoms with E-state index in [1.54, 1.807) is 25.4 Å². The number of imidazole rings is 1. The first-order valence-corrected chi connectivity index (χ1v) is 18.2. The van der Waals surface area contributed by atoms with Crippen molar-refractivity contribution in [2.75, 3.05) is 63.6 Å². The van der Waals surface area contributed by atoms with Crippen LogP contribution in [0.5, 0.6) is 5.75 Å². The van der Waals surface area contributed by atoms with E-state index in [1.165, 1.54) is 57.5 Å². The lowest BCUT2D eigenvalue weighted by atomic mass is 9.72. The van der Waals surface area contributed by atoms with Crippen LogP contribution in [0.1, 0.15) is 67.8 Å². The van der Waals surface area contributed by atoms with E-state index in [0.717, 1.165) is 55.4 Å². The number of ether oxygens (including phenoxy) is 1. The highest BCUT2D eigenvalue weighted by molar-refractivity contribution is 6.04. The zero-order valence-corrected chi connectivity index (χ0v) is 28.9. The molecule has 2 N–H and O–H groups in total. The molecule has 0 radical (unpaired) electrons. The number of amides is 1. The molecule has 1 aliphatic carbocycles. The molecule has 0 bridgehead atoms. The molecule has 49 heavy (non-hydrogen) atoms. The highest BCUT2D eigenvalue weighted by Crippen LogP contribution is 2.41. The van der Waals surface area contributed by atoms with Gasteiger partial charge in [-0.25, -0.2) is 4.98 Å². The zero-order chi connectivity index (χ0) is 33.5. The van der Waals surface area contributed by atoms with Crippen LogP contribution in [0, 0.1) is 5.41 Å². The van der Waals surface area contributed by atoms with Gasteiger partial charge in [-0.15, -0.1) is 0 Å². The third kappa shape index (κ3) is 6.42. The molecule has 2 aromatic carbocycles. The van der Waals surface area contributed by atoms with Gasteiger partial charge in [-0.2, -0.15) is 0 Å². The number of carbonyl (C=O) groups is 1. The molecule has 8 rings (SSSR count). The van der Waals surface area contributed by atoms with Crippen LogP contribution in [0.25, 0.3) is 22.3 Å². The van der Waals surface area contributed by atoms with Crippen molar-refractivity contribution >= 4 is 28.6 Å². The molecular weight excluding hydrogens is 614 g/mol. The normalized spacial score (nSPS) is 23.4. The summed E-state index contributed by atoms with van der Waals surface area (Å²) < 4.78 is 7.76. The van der Waals surface area contributed by atoms with Gasteiger partial charge < -0.3 is 29.1 Å². The fraction of sp³-hybridized carbons (Fsp3) is 0.513. The number of likely N-dealkylation sites (tertiary alicyclic amines) is 2. The Morgan fingerprint density at radius 3 is 2.41 bits per heavy atom. The summed E-state index contributed by atoms with van der Waals surface area (Å²) in [5.41, 5.74) is 5.71. The van der Waals surface area contributed by atoms with Crippen LogP contribution in [0.3, 0.4) is 0 Å².